The van der Waals surface area contributed by atoms with Gasteiger partial charge in [0.05, 0.1) is 0 Å². The monoisotopic (exact) mass is 239 g/mol. The van der Waals surface area contributed by atoms with Crippen molar-refractivity contribution in [3.05, 3.63) is 0 Å². The zero-order valence-corrected chi connectivity index (χ0v) is 11.6. The molecular weight excluding hydrogens is 210 g/mol. The Balaban J connectivity index is 1.84. The quantitative estimate of drug-likeness (QED) is 0.807. The van der Waals surface area contributed by atoms with Crippen molar-refractivity contribution in [1.82, 2.24) is 9.80 Å². The summed E-state index contributed by atoms with van der Waals surface area (Å²) in [5, 5.41) is 0. The predicted molar refractivity (Wildman–Crippen MR) is 73.1 cm³/mol. The van der Waals surface area contributed by atoms with Gasteiger partial charge in [0.2, 0.25) is 0 Å². The van der Waals surface area contributed by atoms with Crippen molar-refractivity contribution in [2.75, 3.05) is 33.7 Å². The molecule has 0 radical (unpaired) electrons. The van der Waals surface area contributed by atoms with E-state index in [2.05, 4.69) is 23.9 Å². The van der Waals surface area contributed by atoms with E-state index >= 15 is 0 Å². The minimum atomic E-state index is 0.462. The molecule has 3 nitrogen and oxygen atoms in total. The van der Waals surface area contributed by atoms with Crippen LogP contribution in [0.5, 0.6) is 0 Å². The number of nitrogens with two attached hydrogens (primary N) is 1. The van der Waals surface area contributed by atoms with Gasteiger partial charge in [0.1, 0.15) is 0 Å². The molecule has 0 bridgehead atoms. The molecule has 0 aromatic carbocycles. The smallest absolute Gasteiger partial charge is 0.0223 e. The van der Waals surface area contributed by atoms with Crippen LogP contribution in [-0.4, -0.2) is 55.6 Å². The maximum Gasteiger partial charge on any atom is 0.0223 e. The fraction of sp³-hybridized carbons (Fsp3) is 1.00. The lowest BCUT2D eigenvalue weighted by Gasteiger charge is -2.35. The van der Waals surface area contributed by atoms with E-state index in [9.17, 15) is 0 Å². The molecule has 0 spiro atoms. The van der Waals surface area contributed by atoms with Crippen LogP contribution in [-0.2, 0) is 0 Å². The number of hydrogen-bond donors (Lipinski definition) is 1. The third-order valence-electron chi connectivity index (χ3n) is 4.51. The van der Waals surface area contributed by atoms with Crippen molar-refractivity contribution < 1.29 is 0 Å². The number of likely N-dealkylation sites (tertiary alicyclic amines) is 1. The molecule has 3 atom stereocenters. The fourth-order valence-corrected chi connectivity index (χ4v) is 3.53. The largest absolute Gasteiger partial charge is 0.327 e. The van der Waals surface area contributed by atoms with Crippen LogP contribution >= 0.6 is 0 Å². The van der Waals surface area contributed by atoms with E-state index in [0.717, 1.165) is 12.0 Å². The first kappa shape index (κ1) is 13.3. The summed E-state index contributed by atoms with van der Waals surface area (Å²) in [5.41, 5.74) is 6.27. The normalized spacial score (nSPS) is 35.6. The number of likely N-dealkylation sites (N-methyl/N-ethyl adjacent to an activating group) is 1. The lowest BCUT2D eigenvalue weighted by atomic mass is 9.84. The summed E-state index contributed by atoms with van der Waals surface area (Å²) >= 11 is 0. The number of rotatable bonds is 4. The number of hydrogen-bond acceptors (Lipinski definition) is 3. The summed E-state index contributed by atoms with van der Waals surface area (Å²) in [7, 11) is 4.37. The Morgan fingerprint density at radius 1 is 1.12 bits per heavy atom. The van der Waals surface area contributed by atoms with Gasteiger partial charge in [0.25, 0.3) is 0 Å². The molecule has 1 aliphatic carbocycles. The Bertz CT molecular complexity index is 230. The van der Waals surface area contributed by atoms with Crippen LogP contribution in [0.15, 0.2) is 0 Å². The summed E-state index contributed by atoms with van der Waals surface area (Å²) in [4.78, 5) is 5.03. The van der Waals surface area contributed by atoms with E-state index in [0.29, 0.717) is 6.04 Å². The molecule has 2 fully saturated rings. The zero-order chi connectivity index (χ0) is 12.3. The van der Waals surface area contributed by atoms with Crippen molar-refractivity contribution in [2.45, 2.75) is 50.6 Å². The van der Waals surface area contributed by atoms with E-state index < -0.39 is 0 Å². The summed E-state index contributed by atoms with van der Waals surface area (Å²) in [6.45, 7) is 3.75. The summed E-state index contributed by atoms with van der Waals surface area (Å²) in [5.74, 6) is 0.756. The molecule has 0 aromatic heterocycles. The van der Waals surface area contributed by atoms with Gasteiger partial charge in [-0.2, -0.15) is 0 Å². The molecule has 3 unspecified atom stereocenters. The fourth-order valence-electron chi connectivity index (χ4n) is 3.53. The molecule has 1 saturated heterocycles. The SMILES string of the molecule is CN(C)CC1CCCN1CC1CCCCC1N. The molecule has 3 heteroatoms. The average Bonchev–Trinajstić information content (AvgIpc) is 2.68. The molecule has 1 saturated carbocycles. The summed E-state index contributed by atoms with van der Waals surface area (Å²) in [6.07, 6.45) is 8.09. The minimum Gasteiger partial charge on any atom is -0.327 e. The molecule has 100 valence electrons. The topological polar surface area (TPSA) is 32.5 Å². The van der Waals surface area contributed by atoms with Crippen molar-refractivity contribution in [1.29, 1.82) is 0 Å². The van der Waals surface area contributed by atoms with Gasteiger partial charge in [-0.3, -0.25) is 4.90 Å². The Morgan fingerprint density at radius 2 is 1.88 bits per heavy atom. The molecule has 2 rings (SSSR count). The molecule has 0 aromatic rings. The number of nitrogens with zero attached hydrogens (tertiary/aromatic N) is 2. The molecule has 17 heavy (non-hydrogen) atoms. The Labute approximate surface area is 106 Å². The first-order valence-electron chi connectivity index (χ1n) is 7.31. The van der Waals surface area contributed by atoms with Crippen molar-refractivity contribution in [3.63, 3.8) is 0 Å². The van der Waals surface area contributed by atoms with Gasteiger partial charge >= 0.3 is 0 Å². The molecule has 0 amide bonds. The van der Waals surface area contributed by atoms with Gasteiger partial charge in [-0.25, -0.2) is 0 Å². The third-order valence-corrected chi connectivity index (χ3v) is 4.51. The van der Waals surface area contributed by atoms with Crippen LogP contribution in [0, 0.1) is 5.92 Å². The summed E-state index contributed by atoms with van der Waals surface area (Å²) in [6, 6.07) is 1.24. The molecule has 2 aliphatic rings. The van der Waals surface area contributed by atoms with Gasteiger partial charge in [-0.15, -0.1) is 0 Å². The highest BCUT2D eigenvalue weighted by Gasteiger charge is 2.30. The zero-order valence-electron chi connectivity index (χ0n) is 11.6. The van der Waals surface area contributed by atoms with Crippen LogP contribution in [0.1, 0.15) is 38.5 Å². The van der Waals surface area contributed by atoms with Gasteiger partial charge in [-0.1, -0.05) is 12.8 Å². The van der Waals surface area contributed by atoms with Crippen LogP contribution < -0.4 is 5.73 Å². The molecule has 1 heterocycles. The lowest BCUT2D eigenvalue weighted by Crippen LogP contribution is -2.45. The van der Waals surface area contributed by atoms with Crippen LogP contribution in [0.3, 0.4) is 0 Å². The first-order chi connectivity index (χ1) is 8.16. The first-order valence-corrected chi connectivity index (χ1v) is 7.31. The maximum atomic E-state index is 6.27. The van der Waals surface area contributed by atoms with E-state index in [4.69, 9.17) is 5.73 Å². The van der Waals surface area contributed by atoms with Crippen molar-refractivity contribution in [3.8, 4) is 0 Å². The van der Waals surface area contributed by atoms with Crippen LogP contribution in [0.25, 0.3) is 0 Å². The van der Waals surface area contributed by atoms with Crippen LogP contribution in [0.4, 0.5) is 0 Å². The molecular formula is C14H29N3. The second kappa shape index (κ2) is 6.17. The lowest BCUT2D eigenvalue weighted by molar-refractivity contribution is 0.153. The Kier molecular flexibility index (Phi) is 4.83. The molecule has 2 N–H and O–H groups in total. The van der Waals surface area contributed by atoms with Gasteiger partial charge in [-0.05, 0) is 52.2 Å². The van der Waals surface area contributed by atoms with E-state index in [1.165, 1.54) is 58.2 Å². The second-order valence-corrected chi connectivity index (χ2v) is 6.26. The standard InChI is InChI=1S/C14H29N3/c1-16(2)11-13-7-5-9-17(13)10-12-6-3-4-8-14(12)15/h12-14H,3-11,15H2,1-2H3. The Morgan fingerprint density at radius 3 is 2.59 bits per heavy atom. The third kappa shape index (κ3) is 3.67. The minimum absolute atomic E-state index is 0.462. The van der Waals surface area contributed by atoms with Crippen molar-refractivity contribution in [2.24, 2.45) is 11.7 Å². The van der Waals surface area contributed by atoms with E-state index in [1.54, 1.807) is 0 Å². The van der Waals surface area contributed by atoms with Gasteiger partial charge < -0.3 is 10.6 Å². The van der Waals surface area contributed by atoms with Gasteiger partial charge in [0, 0.05) is 25.2 Å². The highest BCUT2D eigenvalue weighted by molar-refractivity contribution is 4.86. The van der Waals surface area contributed by atoms with Crippen LogP contribution in [0.2, 0.25) is 0 Å². The highest BCUT2D eigenvalue weighted by atomic mass is 15.2. The van der Waals surface area contributed by atoms with E-state index in [-0.39, 0.29) is 0 Å². The predicted octanol–water partition coefficient (Wildman–Crippen LogP) is 1.53. The highest BCUT2D eigenvalue weighted by Crippen LogP contribution is 2.27. The van der Waals surface area contributed by atoms with E-state index in [1.807, 2.05) is 0 Å². The Hall–Kier alpha value is -0.120. The van der Waals surface area contributed by atoms with Crippen molar-refractivity contribution >= 4 is 0 Å². The molecule has 1 aliphatic heterocycles. The average molecular weight is 239 g/mol. The maximum absolute atomic E-state index is 6.27. The van der Waals surface area contributed by atoms with Gasteiger partial charge in [0.15, 0.2) is 0 Å². The second-order valence-electron chi connectivity index (χ2n) is 6.26. The summed E-state index contributed by atoms with van der Waals surface area (Å²) < 4.78 is 0.